The summed E-state index contributed by atoms with van der Waals surface area (Å²) in [6.45, 7) is 1.44. The molecule has 0 N–H and O–H groups in total. The number of hydrogen-bond donors (Lipinski definition) is 0. The van der Waals surface area contributed by atoms with Crippen LogP contribution < -0.4 is 0 Å². The number of rotatable bonds is 5. The van der Waals surface area contributed by atoms with Crippen molar-refractivity contribution < 1.29 is 9.18 Å². The minimum atomic E-state index is -0.205. The van der Waals surface area contributed by atoms with Crippen LogP contribution in [0.3, 0.4) is 0 Å². The number of carbonyl (C=O) groups excluding carboxylic acids is 1. The fourth-order valence-corrected chi connectivity index (χ4v) is 3.88. The van der Waals surface area contributed by atoms with Crippen LogP contribution in [0.1, 0.15) is 41.4 Å². The second kappa shape index (κ2) is 8.95. The van der Waals surface area contributed by atoms with Gasteiger partial charge in [-0.1, -0.05) is 30.3 Å². The Morgan fingerprint density at radius 2 is 1.86 bits per heavy atom. The first kappa shape index (κ1) is 19.2. The molecule has 0 radical (unpaired) electrons. The van der Waals surface area contributed by atoms with E-state index in [1.54, 1.807) is 18.3 Å². The first-order valence-corrected chi connectivity index (χ1v) is 10.1. The number of benzene rings is 1. The Bertz CT molecular complexity index is 977. The Morgan fingerprint density at radius 1 is 1.03 bits per heavy atom. The summed E-state index contributed by atoms with van der Waals surface area (Å²) in [6.07, 6.45) is 4.47. The largest absolute Gasteiger partial charge is 0.342 e. The van der Waals surface area contributed by atoms with Gasteiger partial charge in [-0.05, 0) is 48.7 Å². The van der Waals surface area contributed by atoms with Crippen molar-refractivity contribution in [3.63, 3.8) is 0 Å². The summed E-state index contributed by atoms with van der Waals surface area (Å²) in [5.41, 5.74) is 3.27. The predicted octanol–water partition coefficient (Wildman–Crippen LogP) is 4.16. The summed E-state index contributed by atoms with van der Waals surface area (Å²) >= 11 is 0. The third-order valence-electron chi connectivity index (χ3n) is 5.41. The van der Waals surface area contributed by atoms with Crippen molar-refractivity contribution in [2.75, 3.05) is 13.1 Å². The molecule has 1 aliphatic rings. The molecular formula is C24H24FN3O. The highest BCUT2D eigenvalue weighted by atomic mass is 19.1. The van der Waals surface area contributed by atoms with E-state index in [2.05, 4.69) is 4.98 Å². The van der Waals surface area contributed by atoms with Gasteiger partial charge in [0, 0.05) is 48.7 Å². The van der Waals surface area contributed by atoms with Gasteiger partial charge in [0.1, 0.15) is 5.82 Å². The van der Waals surface area contributed by atoms with Crippen LogP contribution in [0, 0.1) is 5.82 Å². The lowest BCUT2D eigenvalue weighted by Crippen LogP contribution is -2.40. The summed E-state index contributed by atoms with van der Waals surface area (Å²) in [5.74, 6) is 0.108. The van der Waals surface area contributed by atoms with Gasteiger partial charge in [-0.3, -0.25) is 14.8 Å². The van der Waals surface area contributed by atoms with Gasteiger partial charge in [0.2, 0.25) is 5.91 Å². The van der Waals surface area contributed by atoms with Gasteiger partial charge in [-0.25, -0.2) is 4.39 Å². The molecule has 0 spiro atoms. The van der Waals surface area contributed by atoms with Crippen molar-refractivity contribution in [1.29, 1.82) is 0 Å². The van der Waals surface area contributed by atoms with Gasteiger partial charge in [-0.2, -0.15) is 0 Å². The fraction of sp³-hybridized carbons (Fsp3) is 0.292. The van der Waals surface area contributed by atoms with Gasteiger partial charge in [0.15, 0.2) is 0 Å². The van der Waals surface area contributed by atoms with Crippen molar-refractivity contribution >= 4 is 5.91 Å². The molecule has 1 saturated heterocycles. The molecule has 5 heteroatoms. The summed E-state index contributed by atoms with van der Waals surface area (Å²) in [5, 5.41) is 0. The number of aromatic nitrogens is 2. The molecule has 2 aromatic heterocycles. The van der Waals surface area contributed by atoms with E-state index in [-0.39, 0.29) is 17.6 Å². The number of hydrogen-bond acceptors (Lipinski definition) is 3. The van der Waals surface area contributed by atoms with E-state index in [0.717, 1.165) is 36.5 Å². The molecule has 0 aliphatic carbocycles. The van der Waals surface area contributed by atoms with E-state index in [9.17, 15) is 9.18 Å². The summed E-state index contributed by atoms with van der Waals surface area (Å²) in [4.78, 5) is 23.7. The summed E-state index contributed by atoms with van der Waals surface area (Å²) in [6, 6.07) is 18.4. The molecule has 148 valence electrons. The van der Waals surface area contributed by atoms with Crippen LogP contribution in [0.5, 0.6) is 0 Å². The molecule has 29 heavy (non-hydrogen) atoms. The maximum atomic E-state index is 14.0. The molecule has 1 fully saturated rings. The van der Waals surface area contributed by atoms with Crippen LogP contribution >= 0.6 is 0 Å². The average Bonchev–Trinajstić information content (AvgIpc) is 2.76. The molecular weight excluding hydrogens is 365 g/mol. The van der Waals surface area contributed by atoms with Crippen LogP contribution in [0.4, 0.5) is 4.39 Å². The molecule has 1 aromatic carbocycles. The Labute approximate surface area is 170 Å². The third-order valence-corrected chi connectivity index (χ3v) is 5.41. The molecule has 1 atom stereocenters. The van der Waals surface area contributed by atoms with Gasteiger partial charge >= 0.3 is 0 Å². The topological polar surface area (TPSA) is 46.1 Å². The molecule has 0 bridgehead atoms. The molecule has 4 nitrogen and oxygen atoms in total. The lowest BCUT2D eigenvalue weighted by atomic mass is 9.93. The predicted molar refractivity (Wildman–Crippen MR) is 110 cm³/mol. The molecule has 1 aliphatic heterocycles. The zero-order valence-corrected chi connectivity index (χ0v) is 16.3. The highest BCUT2D eigenvalue weighted by Crippen LogP contribution is 2.26. The Balaban J connectivity index is 1.44. The van der Waals surface area contributed by atoms with Crippen molar-refractivity contribution in [1.82, 2.24) is 14.9 Å². The van der Waals surface area contributed by atoms with E-state index in [1.807, 2.05) is 47.4 Å². The molecule has 1 amide bonds. The van der Waals surface area contributed by atoms with Crippen molar-refractivity contribution in [2.24, 2.45) is 0 Å². The smallest absolute Gasteiger partial charge is 0.228 e. The highest BCUT2D eigenvalue weighted by Gasteiger charge is 2.26. The maximum absolute atomic E-state index is 14.0. The van der Waals surface area contributed by atoms with Crippen LogP contribution in [0.15, 0.2) is 66.9 Å². The average molecular weight is 389 g/mol. The Kier molecular flexibility index (Phi) is 5.94. The number of piperidine rings is 1. The summed E-state index contributed by atoms with van der Waals surface area (Å²) in [7, 11) is 0. The number of amides is 1. The summed E-state index contributed by atoms with van der Waals surface area (Å²) < 4.78 is 14.0. The van der Waals surface area contributed by atoms with Crippen LogP contribution in [-0.4, -0.2) is 33.9 Å². The van der Waals surface area contributed by atoms with Crippen LogP contribution in [0.2, 0.25) is 0 Å². The van der Waals surface area contributed by atoms with E-state index in [4.69, 9.17) is 4.98 Å². The number of carbonyl (C=O) groups is 1. The van der Waals surface area contributed by atoms with Gasteiger partial charge in [0.25, 0.3) is 0 Å². The standard InChI is InChI=1S/C24H24FN3O/c25-22-11-2-1-7-18(22)15-21-10-5-12-23(27-21)19-8-6-14-28(17-19)24(29)16-20-9-3-4-13-26-20/h1-5,7,9-13,19H,6,8,14-17H2. The second-order valence-corrected chi connectivity index (χ2v) is 7.50. The zero-order chi connectivity index (χ0) is 20.1. The number of halogens is 1. The van der Waals surface area contributed by atoms with E-state index >= 15 is 0 Å². The van der Waals surface area contributed by atoms with Gasteiger partial charge in [-0.15, -0.1) is 0 Å². The van der Waals surface area contributed by atoms with Crippen molar-refractivity contribution in [3.05, 3.63) is 95.3 Å². The Morgan fingerprint density at radius 3 is 2.69 bits per heavy atom. The number of likely N-dealkylation sites (tertiary alicyclic amines) is 1. The van der Waals surface area contributed by atoms with Crippen LogP contribution in [-0.2, 0) is 17.6 Å². The van der Waals surface area contributed by atoms with Crippen molar-refractivity contribution in [3.8, 4) is 0 Å². The number of pyridine rings is 2. The second-order valence-electron chi connectivity index (χ2n) is 7.50. The lowest BCUT2D eigenvalue weighted by molar-refractivity contribution is -0.131. The van der Waals surface area contributed by atoms with E-state index in [0.29, 0.717) is 24.9 Å². The highest BCUT2D eigenvalue weighted by molar-refractivity contribution is 5.78. The van der Waals surface area contributed by atoms with Gasteiger partial charge in [0.05, 0.1) is 6.42 Å². The molecule has 4 rings (SSSR count). The zero-order valence-electron chi connectivity index (χ0n) is 16.3. The van der Waals surface area contributed by atoms with Crippen LogP contribution in [0.25, 0.3) is 0 Å². The monoisotopic (exact) mass is 389 g/mol. The fourth-order valence-electron chi connectivity index (χ4n) is 3.88. The maximum Gasteiger partial charge on any atom is 0.228 e. The Hall–Kier alpha value is -3.08. The first-order valence-electron chi connectivity index (χ1n) is 10.1. The minimum Gasteiger partial charge on any atom is -0.342 e. The molecule has 1 unspecified atom stereocenters. The third kappa shape index (κ3) is 4.86. The normalized spacial score (nSPS) is 16.6. The van der Waals surface area contributed by atoms with E-state index < -0.39 is 0 Å². The van der Waals surface area contributed by atoms with Gasteiger partial charge < -0.3 is 4.90 Å². The number of nitrogens with zero attached hydrogens (tertiary/aromatic N) is 3. The minimum absolute atomic E-state index is 0.107. The van der Waals surface area contributed by atoms with E-state index in [1.165, 1.54) is 6.07 Å². The first-order chi connectivity index (χ1) is 14.2. The molecule has 3 aromatic rings. The van der Waals surface area contributed by atoms with Crippen molar-refractivity contribution in [2.45, 2.75) is 31.6 Å². The molecule has 3 heterocycles. The molecule has 0 saturated carbocycles. The lowest BCUT2D eigenvalue weighted by Gasteiger charge is -2.32. The SMILES string of the molecule is O=C(Cc1ccccn1)N1CCCC(c2cccc(Cc3ccccc3F)n2)C1. The quantitative estimate of drug-likeness (QED) is 0.658.